The van der Waals surface area contributed by atoms with E-state index in [1.807, 2.05) is 0 Å². The maximum atomic E-state index is 12.3. The van der Waals surface area contributed by atoms with E-state index in [0.29, 0.717) is 35.5 Å². The number of nitrogens with one attached hydrogen (secondary N) is 1. The first kappa shape index (κ1) is 19.1. The van der Waals surface area contributed by atoms with Crippen molar-refractivity contribution in [2.24, 2.45) is 5.92 Å². The first-order valence-electron chi connectivity index (χ1n) is 8.37. The van der Waals surface area contributed by atoms with Crippen LogP contribution in [0.25, 0.3) is 0 Å². The molecule has 1 fully saturated rings. The smallest absolute Gasteiger partial charge is 0.216 e. The van der Waals surface area contributed by atoms with Gasteiger partial charge in [-0.3, -0.25) is 4.98 Å². The van der Waals surface area contributed by atoms with Gasteiger partial charge in [-0.1, -0.05) is 23.7 Å². The molecule has 1 aliphatic rings. The average Bonchev–Trinajstić information content (AvgIpc) is 3.12. The van der Waals surface area contributed by atoms with Crippen LogP contribution in [0.15, 0.2) is 42.7 Å². The standard InChI is InChI=1S/C18H21ClN2O4S/c19-17-3-1-2-14(8-17)13-26(22,23)21-9-16-4-6-20-10-18(16)25-12-15-5-7-24-11-15/h1-4,6,8,10,15,21H,5,7,9,11-13H2. The van der Waals surface area contributed by atoms with E-state index in [-0.39, 0.29) is 12.3 Å². The van der Waals surface area contributed by atoms with E-state index >= 15 is 0 Å². The Hall–Kier alpha value is -1.67. The Morgan fingerprint density at radius 2 is 2.23 bits per heavy atom. The van der Waals surface area contributed by atoms with Gasteiger partial charge in [0.15, 0.2) is 0 Å². The monoisotopic (exact) mass is 396 g/mol. The third-order valence-electron chi connectivity index (χ3n) is 4.10. The molecule has 1 aromatic heterocycles. The summed E-state index contributed by atoms with van der Waals surface area (Å²) in [6.07, 6.45) is 4.20. The first-order valence-corrected chi connectivity index (χ1v) is 10.4. The summed E-state index contributed by atoms with van der Waals surface area (Å²) in [5.41, 5.74) is 1.38. The predicted octanol–water partition coefficient (Wildman–Crippen LogP) is 2.77. The highest BCUT2D eigenvalue weighted by atomic mass is 35.5. The van der Waals surface area contributed by atoms with Gasteiger partial charge in [-0.2, -0.15) is 0 Å². The van der Waals surface area contributed by atoms with Gasteiger partial charge in [-0.15, -0.1) is 0 Å². The highest BCUT2D eigenvalue weighted by Crippen LogP contribution is 2.20. The maximum Gasteiger partial charge on any atom is 0.216 e. The van der Waals surface area contributed by atoms with Crippen molar-refractivity contribution in [2.75, 3.05) is 19.8 Å². The highest BCUT2D eigenvalue weighted by molar-refractivity contribution is 7.88. The summed E-state index contributed by atoms with van der Waals surface area (Å²) in [4.78, 5) is 4.06. The van der Waals surface area contributed by atoms with Gasteiger partial charge in [0, 0.05) is 35.9 Å². The van der Waals surface area contributed by atoms with Crippen molar-refractivity contribution in [3.8, 4) is 5.75 Å². The van der Waals surface area contributed by atoms with Crippen LogP contribution < -0.4 is 9.46 Å². The van der Waals surface area contributed by atoms with E-state index in [9.17, 15) is 8.42 Å². The fourth-order valence-corrected chi connectivity index (χ4v) is 4.00. The summed E-state index contributed by atoms with van der Waals surface area (Å²) in [5, 5.41) is 0.512. The Bertz CT molecular complexity index is 839. The molecular weight excluding hydrogens is 376 g/mol. The minimum atomic E-state index is -3.50. The fourth-order valence-electron chi connectivity index (χ4n) is 2.69. The van der Waals surface area contributed by atoms with Crippen LogP contribution in [0.4, 0.5) is 0 Å². The van der Waals surface area contributed by atoms with Gasteiger partial charge in [0.1, 0.15) is 5.75 Å². The number of rotatable bonds is 8. The quantitative estimate of drug-likeness (QED) is 0.742. The van der Waals surface area contributed by atoms with E-state index in [1.165, 1.54) is 0 Å². The number of benzene rings is 1. The zero-order chi connectivity index (χ0) is 18.4. The van der Waals surface area contributed by atoms with Crippen LogP contribution in [0, 0.1) is 5.92 Å². The molecule has 8 heteroatoms. The molecule has 1 aromatic carbocycles. The van der Waals surface area contributed by atoms with Crippen LogP contribution in [-0.4, -0.2) is 33.2 Å². The Labute approximate surface area is 158 Å². The largest absolute Gasteiger partial charge is 0.491 e. The van der Waals surface area contributed by atoms with E-state index in [0.717, 1.165) is 18.6 Å². The van der Waals surface area contributed by atoms with Crippen molar-refractivity contribution >= 4 is 21.6 Å². The van der Waals surface area contributed by atoms with Crippen molar-refractivity contribution in [2.45, 2.75) is 18.7 Å². The van der Waals surface area contributed by atoms with Crippen molar-refractivity contribution < 1.29 is 17.9 Å². The zero-order valence-electron chi connectivity index (χ0n) is 14.2. The van der Waals surface area contributed by atoms with Crippen LogP contribution in [0.1, 0.15) is 17.5 Å². The number of hydrogen-bond donors (Lipinski definition) is 1. The molecule has 0 amide bonds. The Balaban J connectivity index is 1.59. The van der Waals surface area contributed by atoms with E-state index in [4.69, 9.17) is 21.1 Å². The zero-order valence-corrected chi connectivity index (χ0v) is 15.8. The molecule has 0 spiro atoms. The first-order chi connectivity index (χ1) is 12.5. The van der Waals surface area contributed by atoms with Gasteiger partial charge in [0.25, 0.3) is 0 Å². The Kier molecular flexibility index (Phi) is 6.48. The molecule has 0 radical (unpaired) electrons. The van der Waals surface area contributed by atoms with Crippen LogP contribution in [0.2, 0.25) is 5.02 Å². The molecule has 140 valence electrons. The number of ether oxygens (including phenoxy) is 2. The molecule has 6 nitrogen and oxygen atoms in total. The van der Waals surface area contributed by atoms with E-state index in [2.05, 4.69) is 9.71 Å². The number of nitrogens with zero attached hydrogens (tertiary/aromatic N) is 1. The molecular formula is C18H21ClN2O4S. The van der Waals surface area contributed by atoms with Gasteiger partial charge < -0.3 is 9.47 Å². The number of aromatic nitrogens is 1. The van der Waals surface area contributed by atoms with Gasteiger partial charge in [-0.05, 0) is 30.2 Å². The van der Waals surface area contributed by atoms with Gasteiger partial charge in [0.2, 0.25) is 10.0 Å². The highest BCUT2D eigenvalue weighted by Gasteiger charge is 2.18. The summed E-state index contributed by atoms with van der Waals surface area (Å²) in [7, 11) is -3.50. The Morgan fingerprint density at radius 3 is 3.00 bits per heavy atom. The summed E-state index contributed by atoms with van der Waals surface area (Å²) < 4.78 is 38.4. The van der Waals surface area contributed by atoms with E-state index < -0.39 is 10.0 Å². The molecule has 1 saturated heterocycles. The lowest BCUT2D eigenvalue weighted by Crippen LogP contribution is -2.25. The van der Waals surface area contributed by atoms with Crippen molar-refractivity contribution in [3.63, 3.8) is 0 Å². The topological polar surface area (TPSA) is 77.5 Å². The number of halogens is 1. The molecule has 0 bridgehead atoms. The second kappa shape index (κ2) is 8.81. The minimum Gasteiger partial charge on any atom is -0.491 e. The summed E-state index contributed by atoms with van der Waals surface area (Å²) in [6.45, 7) is 2.13. The van der Waals surface area contributed by atoms with Gasteiger partial charge in [0.05, 0.1) is 25.2 Å². The third kappa shape index (κ3) is 5.67. The van der Waals surface area contributed by atoms with Crippen LogP contribution in [0.5, 0.6) is 5.75 Å². The molecule has 3 rings (SSSR count). The normalized spacial score (nSPS) is 17.3. The van der Waals surface area contributed by atoms with Crippen molar-refractivity contribution in [1.82, 2.24) is 9.71 Å². The average molecular weight is 397 g/mol. The van der Waals surface area contributed by atoms with Crippen molar-refractivity contribution in [3.05, 3.63) is 58.9 Å². The summed E-state index contributed by atoms with van der Waals surface area (Å²) in [5.74, 6) is 0.821. The van der Waals surface area contributed by atoms with Crippen LogP contribution in [0.3, 0.4) is 0 Å². The SMILES string of the molecule is O=S(=O)(Cc1cccc(Cl)c1)NCc1ccncc1OCC1CCOC1. The lowest BCUT2D eigenvalue weighted by Gasteiger charge is -2.14. The summed E-state index contributed by atoms with van der Waals surface area (Å²) in [6, 6.07) is 8.57. The molecule has 2 heterocycles. The molecule has 1 N–H and O–H groups in total. The number of hydrogen-bond acceptors (Lipinski definition) is 5. The number of sulfonamides is 1. The van der Waals surface area contributed by atoms with E-state index in [1.54, 1.807) is 42.7 Å². The predicted molar refractivity (Wildman–Crippen MR) is 99.6 cm³/mol. The molecule has 0 saturated carbocycles. The lowest BCUT2D eigenvalue weighted by molar-refractivity contribution is 0.166. The molecule has 1 unspecified atom stereocenters. The molecule has 0 aliphatic carbocycles. The molecule has 26 heavy (non-hydrogen) atoms. The third-order valence-corrected chi connectivity index (χ3v) is 5.63. The second-order valence-corrected chi connectivity index (χ2v) is 8.48. The van der Waals surface area contributed by atoms with Crippen LogP contribution >= 0.6 is 11.6 Å². The molecule has 1 atom stereocenters. The summed E-state index contributed by atoms with van der Waals surface area (Å²) >= 11 is 5.91. The fraction of sp³-hybridized carbons (Fsp3) is 0.389. The van der Waals surface area contributed by atoms with Gasteiger partial charge >= 0.3 is 0 Å². The Morgan fingerprint density at radius 1 is 1.35 bits per heavy atom. The number of pyridine rings is 1. The maximum absolute atomic E-state index is 12.3. The van der Waals surface area contributed by atoms with Crippen molar-refractivity contribution in [1.29, 1.82) is 0 Å². The minimum absolute atomic E-state index is 0.131. The van der Waals surface area contributed by atoms with Crippen LogP contribution in [-0.2, 0) is 27.1 Å². The van der Waals surface area contributed by atoms with Gasteiger partial charge in [-0.25, -0.2) is 13.1 Å². The lowest BCUT2D eigenvalue weighted by atomic mass is 10.1. The molecule has 2 aromatic rings. The molecule has 1 aliphatic heterocycles. The second-order valence-electron chi connectivity index (χ2n) is 6.23.